The van der Waals surface area contributed by atoms with Gasteiger partial charge in [-0.2, -0.15) is 0 Å². The van der Waals surface area contributed by atoms with Gasteiger partial charge >= 0.3 is 5.97 Å². The minimum Gasteiger partial charge on any atom is -0.481 e. The van der Waals surface area contributed by atoms with Gasteiger partial charge in [-0.05, 0) is 6.42 Å². The summed E-state index contributed by atoms with van der Waals surface area (Å²) in [5.41, 5.74) is 0. The van der Waals surface area contributed by atoms with Crippen LogP contribution in [0.5, 0.6) is 0 Å². The molecule has 0 atom stereocenters. The van der Waals surface area contributed by atoms with Gasteiger partial charge in [-0.1, -0.05) is 45.4 Å². The van der Waals surface area contributed by atoms with Crippen LogP contribution in [0.1, 0.15) is 58.3 Å². The maximum atomic E-state index is 10.1. The van der Waals surface area contributed by atoms with Crippen LogP contribution in [0.3, 0.4) is 0 Å². The number of unbranched alkanes of at least 4 members (excludes halogenated alkanes) is 6. The van der Waals surface area contributed by atoms with Gasteiger partial charge in [-0.15, -0.1) is 0 Å². The van der Waals surface area contributed by atoms with Crippen molar-refractivity contribution in [3.63, 3.8) is 0 Å². The van der Waals surface area contributed by atoms with Crippen LogP contribution < -0.4 is 0 Å². The van der Waals surface area contributed by atoms with Gasteiger partial charge < -0.3 is 5.11 Å². The Kier molecular flexibility index (Phi) is 14.2. The third-order valence-corrected chi connectivity index (χ3v) is 1.99. The third-order valence-electron chi connectivity index (χ3n) is 1.99. The molecular formula is C10H20NiO2. The molecule has 2 nitrogen and oxygen atoms in total. The molecule has 0 aliphatic heterocycles. The Bertz CT molecular complexity index is 115. The largest absolute Gasteiger partial charge is 0.481 e. The molecule has 0 aliphatic carbocycles. The van der Waals surface area contributed by atoms with E-state index in [1.165, 1.54) is 32.1 Å². The molecule has 0 fully saturated rings. The second-order valence-corrected chi connectivity index (χ2v) is 3.27. The summed E-state index contributed by atoms with van der Waals surface area (Å²) in [5.74, 6) is -0.663. The maximum Gasteiger partial charge on any atom is 0.303 e. The number of aliphatic carboxylic acids is 1. The van der Waals surface area contributed by atoms with Crippen LogP contribution in [0.2, 0.25) is 0 Å². The first kappa shape index (κ1) is 15.4. The average Bonchev–Trinajstić information content (AvgIpc) is 2.02. The molecule has 3 heteroatoms. The molecule has 0 amide bonds. The van der Waals surface area contributed by atoms with Crippen molar-refractivity contribution in [2.45, 2.75) is 58.3 Å². The fourth-order valence-electron chi connectivity index (χ4n) is 1.23. The zero-order valence-corrected chi connectivity index (χ0v) is 9.32. The van der Waals surface area contributed by atoms with E-state index in [-0.39, 0.29) is 16.5 Å². The van der Waals surface area contributed by atoms with E-state index < -0.39 is 5.97 Å². The van der Waals surface area contributed by atoms with E-state index in [1.54, 1.807) is 0 Å². The van der Waals surface area contributed by atoms with E-state index in [0.717, 1.165) is 12.8 Å². The Morgan fingerprint density at radius 1 is 1.00 bits per heavy atom. The van der Waals surface area contributed by atoms with Crippen molar-refractivity contribution < 1.29 is 26.4 Å². The number of carbonyl (C=O) groups is 1. The summed E-state index contributed by atoms with van der Waals surface area (Å²) in [7, 11) is 0. The summed E-state index contributed by atoms with van der Waals surface area (Å²) in [5, 5.41) is 8.35. The molecule has 82 valence electrons. The summed E-state index contributed by atoms with van der Waals surface area (Å²) >= 11 is 0. The standard InChI is InChI=1S/C10H20O2.Ni/c1-2-3-4-5-6-7-8-9-10(11)12;/h2-9H2,1H3,(H,11,12);. The smallest absolute Gasteiger partial charge is 0.303 e. The molecule has 0 radical (unpaired) electrons. The molecule has 1 N–H and O–H groups in total. The van der Waals surface area contributed by atoms with Crippen molar-refractivity contribution in [2.75, 3.05) is 0 Å². The van der Waals surface area contributed by atoms with Gasteiger partial charge in [0.25, 0.3) is 0 Å². The predicted octanol–water partition coefficient (Wildman–Crippen LogP) is 3.21. The van der Waals surface area contributed by atoms with Crippen molar-refractivity contribution in [3.8, 4) is 0 Å². The van der Waals surface area contributed by atoms with E-state index in [4.69, 9.17) is 5.11 Å². The fourth-order valence-corrected chi connectivity index (χ4v) is 1.23. The van der Waals surface area contributed by atoms with Gasteiger partial charge in [0, 0.05) is 22.9 Å². The molecular weight excluding hydrogens is 211 g/mol. The van der Waals surface area contributed by atoms with Crippen molar-refractivity contribution in [1.82, 2.24) is 0 Å². The molecule has 0 bridgehead atoms. The maximum absolute atomic E-state index is 10.1. The summed E-state index contributed by atoms with van der Waals surface area (Å²) < 4.78 is 0. The molecule has 0 aromatic rings. The minimum atomic E-state index is -0.663. The quantitative estimate of drug-likeness (QED) is 0.514. The molecule has 0 unspecified atom stereocenters. The van der Waals surface area contributed by atoms with Gasteiger partial charge in [0.05, 0.1) is 0 Å². The fraction of sp³-hybridized carbons (Fsp3) is 0.900. The average molecular weight is 231 g/mol. The SMILES string of the molecule is CCCCCCCCCC(=O)O.[Ni]. The zero-order chi connectivity index (χ0) is 9.23. The normalized spacial score (nSPS) is 9.31. The van der Waals surface area contributed by atoms with Crippen molar-refractivity contribution in [3.05, 3.63) is 0 Å². The molecule has 13 heavy (non-hydrogen) atoms. The first-order valence-electron chi connectivity index (χ1n) is 4.99. The number of rotatable bonds is 8. The Balaban J connectivity index is 0. The van der Waals surface area contributed by atoms with E-state index in [0.29, 0.717) is 6.42 Å². The van der Waals surface area contributed by atoms with Crippen LogP contribution in [0.25, 0.3) is 0 Å². The van der Waals surface area contributed by atoms with Gasteiger partial charge in [-0.3, -0.25) is 4.79 Å². The molecule has 0 saturated heterocycles. The van der Waals surface area contributed by atoms with Crippen LogP contribution in [0.4, 0.5) is 0 Å². The molecule has 0 spiro atoms. The van der Waals surface area contributed by atoms with Crippen molar-refractivity contribution in [2.24, 2.45) is 0 Å². The summed E-state index contributed by atoms with van der Waals surface area (Å²) in [6, 6.07) is 0. The number of carboxylic acid groups (broad SMARTS) is 1. The van der Waals surface area contributed by atoms with Crippen molar-refractivity contribution in [1.29, 1.82) is 0 Å². The topological polar surface area (TPSA) is 37.3 Å². The zero-order valence-electron chi connectivity index (χ0n) is 8.33. The molecule has 0 heterocycles. The third kappa shape index (κ3) is 14.8. The monoisotopic (exact) mass is 230 g/mol. The number of hydrogen-bond acceptors (Lipinski definition) is 1. The van der Waals surface area contributed by atoms with E-state index in [2.05, 4.69) is 6.92 Å². The molecule has 0 aromatic heterocycles. The van der Waals surface area contributed by atoms with Gasteiger partial charge in [0.15, 0.2) is 0 Å². The first-order valence-corrected chi connectivity index (χ1v) is 4.99. The first-order chi connectivity index (χ1) is 5.77. The van der Waals surface area contributed by atoms with Gasteiger partial charge in [-0.25, -0.2) is 0 Å². The predicted molar refractivity (Wildman–Crippen MR) is 50.2 cm³/mol. The van der Waals surface area contributed by atoms with Crippen LogP contribution in [0, 0.1) is 0 Å². The minimum absolute atomic E-state index is 0. The van der Waals surface area contributed by atoms with E-state index in [9.17, 15) is 4.79 Å². The summed E-state index contributed by atoms with van der Waals surface area (Å²) in [6.07, 6.45) is 8.64. The van der Waals surface area contributed by atoms with E-state index in [1.807, 2.05) is 0 Å². The van der Waals surface area contributed by atoms with Crippen LogP contribution in [0.15, 0.2) is 0 Å². The Morgan fingerprint density at radius 3 is 1.92 bits per heavy atom. The Morgan fingerprint density at radius 2 is 1.46 bits per heavy atom. The molecule has 0 aromatic carbocycles. The van der Waals surface area contributed by atoms with E-state index >= 15 is 0 Å². The number of hydrogen-bond donors (Lipinski definition) is 1. The second-order valence-electron chi connectivity index (χ2n) is 3.27. The van der Waals surface area contributed by atoms with Crippen molar-refractivity contribution >= 4 is 5.97 Å². The van der Waals surface area contributed by atoms with Crippen LogP contribution in [-0.2, 0) is 21.3 Å². The molecule has 0 aliphatic rings. The van der Waals surface area contributed by atoms with Gasteiger partial charge in [0.2, 0.25) is 0 Å². The Labute approximate surface area is 91.0 Å². The summed E-state index contributed by atoms with van der Waals surface area (Å²) in [4.78, 5) is 10.1. The van der Waals surface area contributed by atoms with Gasteiger partial charge in [0.1, 0.15) is 0 Å². The Hall–Kier alpha value is -0.0365. The van der Waals surface area contributed by atoms with Crippen LogP contribution in [-0.4, -0.2) is 11.1 Å². The van der Waals surface area contributed by atoms with Crippen LogP contribution >= 0.6 is 0 Å². The number of carboxylic acids is 1. The molecule has 0 rings (SSSR count). The second kappa shape index (κ2) is 12.0. The molecule has 0 saturated carbocycles. The summed E-state index contributed by atoms with van der Waals surface area (Å²) in [6.45, 7) is 2.20.